The largest absolute Gasteiger partial charge is 0.383 e. The molecule has 10 heteroatoms. The molecule has 1 atom stereocenters. The van der Waals surface area contributed by atoms with Crippen molar-refractivity contribution < 1.29 is 27.1 Å². The highest BCUT2D eigenvalue weighted by atomic mass is 32.2. The summed E-state index contributed by atoms with van der Waals surface area (Å²) in [5.41, 5.74) is -2.83. The van der Waals surface area contributed by atoms with E-state index in [-0.39, 0.29) is 23.9 Å². The standard InChI is InChI=1S/C16H18F5N3OS/c1-14(2,8-26-16(20,21)13(18)19)15(25,7-24-10-22-9-23-24)11-3-5-12(17)6-4-11/h3-6,9-10,13,25H,7-8H2,1-2H3. The molecule has 1 unspecified atom stereocenters. The molecule has 1 heterocycles. The number of nitrogens with zero attached hydrogens (tertiary/aromatic N) is 3. The first-order valence-corrected chi connectivity index (χ1v) is 8.57. The molecule has 26 heavy (non-hydrogen) atoms. The van der Waals surface area contributed by atoms with E-state index in [1.54, 1.807) is 0 Å². The molecule has 0 saturated heterocycles. The van der Waals surface area contributed by atoms with Gasteiger partial charge in [0.15, 0.2) is 0 Å². The highest BCUT2D eigenvalue weighted by molar-refractivity contribution is 8.00. The van der Waals surface area contributed by atoms with Gasteiger partial charge >= 0.3 is 11.7 Å². The SMILES string of the molecule is CC(C)(CSC(F)(F)C(F)F)C(O)(Cn1cncn1)c1ccc(F)cc1. The van der Waals surface area contributed by atoms with Gasteiger partial charge in [-0.3, -0.25) is 0 Å². The lowest BCUT2D eigenvalue weighted by Gasteiger charge is -2.43. The molecular weight excluding hydrogens is 377 g/mol. The topological polar surface area (TPSA) is 50.9 Å². The van der Waals surface area contributed by atoms with Gasteiger partial charge in [-0.2, -0.15) is 13.9 Å². The zero-order chi connectivity index (χ0) is 19.6. The number of hydrogen-bond donors (Lipinski definition) is 1. The van der Waals surface area contributed by atoms with Crippen LogP contribution >= 0.6 is 11.8 Å². The van der Waals surface area contributed by atoms with Crippen molar-refractivity contribution in [2.45, 2.75) is 37.7 Å². The Morgan fingerprint density at radius 2 is 1.81 bits per heavy atom. The second kappa shape index (κ2) is 7.51. The van der Waals surface area contributed by atoms with Crippen molar-refractivity contribution in [1.82, 2.24) is 14.8 Å². The number of aromatic nitrogens is 3. The van der Waals surface area contributed by atoms with E-state index in [1.165, 1.54) is 43.3 Å². The zero-order valence-corrected chi connectivity index (χ0v) is 14.9. The third kappa shape index (κ3) is 4.35. The molecule has 0 aliphatic heterocycles. The minimum atomic E-state index is -4.24. The molecule has 0 saturated carbocycles. The third-order valence-corrected chi connectivity index (χ3v) is 5.61. The summed E-state index contributed by atoms with van der Waals surface area (Å²) in [6.07, 6.45) is -1.26. The van der Waals surface area contributed by atoms with E-state index in [2.05, 4.69) is 10.1 Å². The molecule has 0 aliphatic rings. The fourth-order valence-corrected chi connectivity index (χ4v) is 3.35. The maximum Gasteiger partial charge on any atom is 0.353 e. The van der Waals surface area contributed by atoms with Gasteiger partial charge in [0, 0.05) is 11.2 Å². The molecule has 0 radical (unpaired) electrons. The fraction of sp³-hybridized carbons (Fsp3) is 0.500. The van der Waals surface area contributed by atoms with Gasteiger partial charge in [-0.1, -0.05) is 37.7 Å². The van der Waals surface area contributed by atoms with Crippen LogP contribution in [0.4, 0.5) is 22.0 Å². The fourth-order valence-electron chi connectivity index (χ4n) is 2.43. The van der Waals surface area contributed by atoms with E-state index in [0.717, 1.165) is 12.1 Å². The summed E-state index contributed by atoms with van der Waals surface area (Å²) in [5.74, 6) is -1.01. The second-order valence-electron chi connectivity index (χ2n) is 6.50. The number of thioether (sulfide) groups is 1. The number of benzene rings is 1. The average molecular weight is 395 g/mol. The van der Waals surface area contributed by atoms with Crippen LogP contribution in [0.15, 0.2) is 36.9 Å². The van der Waals surface area contributed by atoms with Gasteiger partial charge in [0.1, 0.15) is 24.1 Å². The van der Waals surface area contributed by atoms with E-state index in [1.807, 2.05) is 0 Å². The second-order valence-corrected chi connectivity index (χ2v) is 7.62. The average Bonchev–Trinajstić information content (AvgIpc) is 3.06. The summed E-state index contributed by atoms with van der Waals surface area (Å²) in [4.78, 5) is 3.76. The molecular formula is C16H18F5N3OS. The molecule has 0 bridgehead atoms. The molecule has 0 aliphatic carbocycles. The molecule has 1 N–H and O–H groups in total. The number of halogens is 5. The van der Waals surface area contributed by atoms with Crippen molar-refractivity contribution in [3.05, 3.63) is 48.3 Å². The Morgan fingerprint density at radius 3 is 2.31 bits per heavy atom. The number of aliphatic hydroxyl groups is 1. The summed E-state index contributed by atoms with van der Waals surface area (Å²) >= 11 is -0.232. The van der Waals surface area contributed by atoms with Crippen LogP contribution in [0.1, 0.15) is 19.4 Å². The summed E-state index contributed by atoms with van der Waals surface area (Å²) < 4.78 is 66.2. The molecule has 0 fully saturated rings. The van der Waals surface area contributed by atoms with Crippen LogP contribution in [-0.4, -0.2) is 37.3 Å². The van der Waals surface area contributed by atoms with Crippen molar-refractivity contribution in [3.63, 3.8) is 0 Å². The van der Waals surface area contributed by atoms with E-state index < -0.39 is 34.3 Å². The van der Waals surface area contributed by atoms with E-state index in [4.69, 9.17) is 0 Å². The summed E-state index contributed by atoms with van der Waals surface area (Å²) in [7, 11) is 0. The Bertz CT molecular complexity index is 709. The first kappa shape index (κ1) is 20.6. The van der Waals surface area contributed by atoms with Crippen LogP contribution in [0.5, 0.6) is 0 Å². The van der Waals surface area contributed by atoms with Crippen LogP contribution in [0.25, 0.3) is 0 Å². The first-order valence-electron chi connectivity index (χ1n) is 7.59. The van der Waals surface area contributed by atoms with Gasteiger partial charge in [-0.25, -0.2) is 22.8 Å². The quantitative estimate of drug-likeness (QED) is 0.689. The predicted octanol–water partition coefficient (Wildman–Crippen LogP) is 3.92. The van der Waals surface area contributed by atoms with Crippen LogP contribution in [0.3, 0.4) is 0 Å². The molecule has 1 aromatic heterocycles. The number of rotatable bonds is 8. The molecule has 0 spiro atoms. The molecule has 2 rings (SSSR count). The lowest BCUT2D eigenvalue weighted by molar-refractivity contribution is -0.0810. The summed E-state index contributed by atoms with van der Waals surface area (Å²) in [5, 5.41) is 11.0. The van der Waals surface area contributed by atoms with Crippen LogP contribution in [-0.2, 0) is 12.1 Å². The van der Waals surface area contributed by atoms with Gasteiger partial charge in [0.05, 0.1) is 6.54 Å². The summed E-state index contributed by atoms with van der Waals surface area (Å²) in [6.45, 7) is 2.77. The third-order valence-electron chi connectivity index (χ3n) is 4.18. The highest BCUT2D eigenvalue weighted by Gasteiger charge is 2.49. The van der Waals surface area contributed by atoms with Crippen molar-refractivity contribution >= 4 is 11.8 Å². The van der Waals surface area contributed by atoms with Crippen molar-refractivity contribution in [3.8, 4) is 0 Å². The Hall–Kier alpha value is -1.68. The lowest BCUT2D eigenvalue weighted by Crippen LogP contribution is -2.47. The van der Waals surface area contributed by atoms with Crippen molar-refractivity contribution in [1.29, 1.82) is 0 Å². The molecule has 1 aromatic carbocycles. The molecule has 0 amide bonds. The number of hydrogen-bond acceptors (Lipinski definition) is 4. The lowest BCUT2D eigenvalue weighted by atomic mass is 9.72. The van der Waals surface area contributed by atoms with Crippen LogP contribution in [0, 0.1) is 11.2 Å². The minimum Gasteiger partial charge on any atom is -0.383 e. The number of alkyl halides is 4. The van der Waals surface area contributed by atoms with Crippen LogP contribution < -0.4 is 0 Å². The van der Waals surface area contributed by atoms with E-state index in [9.17, 15) is 27.1 Å². The molecule has 144 valence electrons. The van der Waals surface area contributed by atoms with Crippen LogP contribution in [0.2, 0.25) is 0 Å². The minimum absolute atomic E-state index is 0.174. The highest BCUT2D eigenvalue weighted by Crippen LogP contribution is 2.47. The van der Waals surface area contributed by atoms with E-state index >= 15 is 0 Å². The van der Waals surface area contributed by atoms with Crippen molar-refractivity contribution in [2.75, 3.05) is 5.75 Å². The van der Waals surface area contributed by atoms with Gasteiger partial charge < -0.3 is 5.11 Å². The zero-order valence-electron chi connectivity index (χ0n) is 14.0. The molecule has 2 aromatic rings. The van der Waals surface area contributed by atoms with E-state index in [0.29, 0.717) is 0 Å². The van der Waals surface area contributed by atoms with Gasteiger partial charge in [0.25, 0.3) is 0 Å². The monoisotopic (exact) mass is 395 g/mol. The Morgan fingerprint density at radius 1 is 1.19 bits per heavy atom. The van der Waals surface area contributed by atoms with Gasteiger partial charge in [-0.15, -0.1) is 0 Å². The van der Waals surface area contributed by atoms with Gasteiger partial charge in [-0.05, 0) is 17.7 Å². The Kier molecular flexibility index (Phi) is 5.96. The predicted molar refractivity (Wildman–Crippen MR) is 87.5 cm³/mol. The van der Waals surface area contributed by atoms with Crippen molar-refractivity contribution in [2.24, 2.45) is 5.41 Å². The summed E-state index contributed by atoms with van der Waals surface area (Å²) in [6, 6.07) is 4.89. The first-order chi connectivity index (χ1) is 12.0. The molecule has 4 nitrogen and oxygen atoms in total. The maximum absolute atomic E-state index is 13.4. The maximum atomic E-state index is 13.4. The smallest absolute Gasteiger partial charge is 0.353 e. The van der Waals surface area contributed by atoms with Gasteiger partial charge in [0.2, 0.25) is 0 Å². The Labute approximate surface area is 151 Å². The Balaban J connectivity index is 2.36. The normalized spacial score (nSPS) is 15.3.